The Morgan fingerprint density at radius 3 is 2.40 bits per heavy atom. The van der Waals surface area contributed by atoms with E-state index in [1.165, 1.54) is 38.5 Å². The zero-order chi connectivity index (χ0) is 29.9. The lowest BCUT2D eigenvalue weighted by Crippen LogP contribution is -2.49. The van der Waals surface area contributed by atoms with E-state index in [9.17, 15) is 18.8 Å². The summed E-state index contributed by atoms with van der Waals surface area (Å²) >= 11 is 0. The van der Waals surface area contributed by atoms with E-state index >= 15 is 0 Å². The number of para-hydroxylation sites is 1. The van der Waals surface area contributed by atoms with Crippen molar-refractivity contribution in [1.29, 1.82) is 0 Å². The lowest BCUT2D eigenvalue weighted by atomic mass is 9.62. The van der Waals surface area contributed by atoms with Gasteiger partial charge in [-0.05, 0) is 71.3 Å². The third kappa shape index (κ3) is 3.75. The quantitative estimate of drug-likeness (QED) is 0.292. The highest BCUT2D eigenvalue weighted by Crippen LogP contribution is 2.62. The van der Waals surface area contributed by atoms with Crippen LogP contribution in [0.3, 0.4) is 0 Å². The van der Waals surface area contributed by atoms with Crippen LogP contribution in [0, 0.1) is 11.7 Å². The molecule has 4 atom stereocenters. The number of amides is 1. The van der Waals surface area contributed by atoms with Gasteiger partial charge in [0.2, 0.25) is 5.91 Å². The first kappa shape index (κ1) is 26.6. The summed E-state index contributed by atoms with van der Waals surface area (Å²) in [5, 5.41) is 3.02. The van der Waals surface area contributed by atoms with Crippen molar-refractivity contribution in [2.45, 2.75) is 17.5 Å². The fourth-order valence-corrected chi connectivity index (χ4v) is 7.13. The number of ether oxygens (including phenoxy) is 2. The number of nitrogens with one attached hydrogen (secondary N) is 1. The van der Waals surface area contributed by atoms with E-state index in [4.69, 9.17) is 9.47 Å². The second-order valence-corrected chi connectivity index (χ2v) is 10.9. The van der Waals surface area contributed by atoms with Gasteiger partial charge in [-0.2, -0.15) is 0 Å². The number of carbonyl (C=O) groups excluding carboxylic acids is 3. The molecule has 4 aromatic rings. The van der Waals surface area contributed by atoms with Gasteiger partial charge in [0.15, 0.2) is 11.6 Å². The van der Waals surface area contributed by atoms with Gasteiger partial charge in [0.1, 0.15) is 28.8 Å². The molecule has 0 radical (unpaired) electrons. The molecule has 43 heavy (non-hydrogen) atoms. The van der Waals surface area contributed by atoms with Gasteiger partial charge in [-0.3, -0.25) is 14.4 Å². The minimum absolute atomic E-state index is 0.204. The maximum Gasteiger partial charge on any atom is 0.238 e. The number of halogens is 1. The molecular weight excluding hydrogens is 547 g/mol. The summed E-state index contributed by atoms with van der Waals surface area (Å²) in [6, 6.07) is 23.3. The number of hydrogen-bond acceptors (Lipinski definition) is 6. The molecule has 0 saturated carbocycles. The number of methoxy groups -OCH3 is 2. The Bertz CT molecular complexity index is 1830. The van der Waals surface area contributed by atoms with Crippen LogP contribution in [-0.2, 0) is 10.2 Å². The number of rotatable bonds is 6. The molecule has 7 nitrogen and oxygen atoms in total. The summed E-state index contributed by atoms with van der Waals surface area (Å²) in [5.41, 5.74) is 1.86. The van der Waals surface area contributed by atoms with Crippen LogP contribution in [-0.4, -0.2) is 42.6 Å². The second-order valence-electron chi connectivity index (χ2n) is 10.9. The summed E-state index contributed by atoms with van der Waals surface area (Å²) in [7, 11) is 2.97. The van der Waals surface area contributed by atoms with Crippen molar-refractivity contribution in [3.05, 3.63) is 131 Å². The lowest BCUT2D eigenvalue weighted by molar-refractivity contribution is -0.122. The van der Waals surface area contributed by atoms with Crippen LogP contribution in [0.1, 0.15) is 43.4 Å². The molecule has 3 heterocycles. The van der Waals surface area contributed by atoms with Crippen molar-refractivity contribution in [2.75, 3.05) is 19.5 Å². The van der Waals surface area contributed by atoms with Crippen LogP contribution in [0.25, 0.3) is 6.08 Å². The van der Waals surface area contributed by atoms with E-state index < -0.39 is 40.8 Å². The van der Waals surface area contributed by atoms with Crippen LogP contribution in [0.2, 0.25) is 0 Å². The molecule has 0 aliphatic carbocycles. The number of Topliss-reactive ketones (excluding diaryl/α,β-unsaturated/α-hetero) is 2. The van der Waals surface area contributed by atoms with E-state index in [0.29, 0.717) is 22.7 Å². The highest BCUT2D eigenvalue weighted by atomic mass is 19.1. The number of nitrogens with zero attached hydrogens (tertiary/aromatic N) is 1. The molecule has 1 fully saturated rings. The molecule has 8 heteroatoms. The number of anilines is 1. The molecule has 1 saturated heterocycles. The maximum absolute atomic E-state index is 14.9. The number of benzene rings is 4. The van der Waals surface area contributed by atoms with Gasteiger partial charge in [0, 0.05) is 17.5 Å². The molecular formula is C35H27FN2O5. The standard InChI is InChI=1S/C35H27FN2O5/c1-42-23-15-16-28(43-2)25(19-23)32(40)30-29(31(39)21-11-13-22(36)14-12-21)35(26-9-5-6-10-27(26)37-34(35)41)33-24-8-4-3-7-20(24)17-18-38(30)33/h3-19,29-30,33H,1-2H3,(H,37,41)/t29-,30+,33-,35-/m1/s1. The molecule has 1 spiro atoms. The predicted octanol–water partition coefficient (Wildman–Crippen LogP) is 5.82. The summed E-state index contributed by atoms with van der Waals surface area (Å²) in [4.78, 5) is 46.0. The van der Waals surface area contributed by atoms with Crippen LogP contribution < -0.4 is 14.8 Å². The minimum Gasteiger partial charge on any atom is -0.497 e. The summed E-state index contributed by atoms with van der Waals surface area (Å²) in [6.45, 7) is 0. The molecule has 0 bridgehead atoms. The Kier molecular flexibility index (Phi) is 6.16. The Morgan fingerprint density at radius 1 is 0.884 bits per heavy atom. The molecule has 1 N–H and O–H groups in total. The van der Waals surface area contributed by atoms with Crippen molar-refractivity contribution < 1.29 is 28.2 Å². The van der Waals surface area contributed by atoms with E-state index in [1.807, 2.05) is 53.4 Å². The largest absolute Gasteiger partial charge is 0.497 e. The Balaban J connectivity index is 1.54. The highest BCUT2D eigenvalue weighted by molar-refractivity contribution is 6.17. The monoisotopic (exact) mass is 574 g/mol. The predicted molar refractivity (Wildman–Crippen MR) is 159 cm³/mol. The van der Waals surface area contributed by atoms with Gasteiger partial charge >= 0.3 is 0 Å². The fraction of sp³-hybridized carbons (Fsp3) is 0.171. The topological polar surface area (TPSA) is 84.9 Å². The highest BCUT2D eigenvalue weighted by Gasteiger charge is 2.70. The Labute approximate surface area is 247 Å². The number of hydrogen-bond donors (Lipinski definition) is 1. The molecule has 0 aromatic heterocycles. The van der Waals surface area contributed by atoms with Crippen molar-refractivity contribution in [3.63, 3.8) is 0 Å². The average molecular weight is 575 g/mol. The molecule has 3 aliphatic rings. The van der Waals surface area contributed by atoms with Crippen molar-refractivity contribution in [1.82, 2.24) is 4.90 Å². The van der Waals surface area contributed by atoms with Crippen molar-refractivity contribution in [2.24, 2.45) is 5.92 Å². The lowest BCUT2D eigenvalue weighted by Gasteiger charge is -2.38. The zero-order valence-electron chi connectivity index (χ0n) is 23.4. The third-order valence-corrected chi connectivity index (χ3v) is 8.92. The summed E-state index contributed by atoms with van der Waals surface area (Å²) < 4.78 is 25.0. The average Bonchev–Trinajstić information content (AvgIpc) is 3.52. The number of fused-ring (bicyclic) bond motifs is 6. The summed E-state index contributed by atoms with van der Waals surface area (Å²) in [6.07, 6.45) is 3.70. The normalized spacial score (nSPS) is 22.9. The van der Waals surface area contributed by atoms with Gasteiger partial charge in [0.25, 0.3) is 0 Å². The van der Waals surface area contributed by atoms with Crippen molar-refractivity contribution >= 4 is 29.2 Å². The van der Waals surface area contributed by atoms with Crippen LogP contribution in [0.5, 0.6) is 11.5 Å². The van der Waals surface area contributed by atoms with E-state index in [1.54, 1.807) is 30.5 Å². The maximum atomic E-state index is 14.9. The number of ketones is 2. The Morgan fingerprint density at radius 2 is 1.63 bits per heavy atom. The van der Waals surface area contributed by atoms with Gasteiger partial charge in [0.05, 0.1) is 31.7 Å². The summed E-state index contributed by atoms with van der Waals surface area (Å²) in [5.74, 6) is -2.14. The second kappa shape index (κ2) is 9.94. The first-order valence-corrected chi connectivity index (χ1v) is 13.9. The smallest absolute Gasteiger partial charge is 0.238 e. The molecule has 0 unspecified atom stereocenters. The zero-order valence-corrected chi connectivity index (χ0v) is 23.4. The van der Waals surface area contributed by atoms with Crippen LogP contribution in [0.4, 0.5) is 10.1 Å². The van der Waals surface area contributed by atoms with Crippen LogP contribution in [0.15, 0.2) is 97.2 Å². The molecule has 3 aliphatic heterocycles. The van der Waals surface area contributed by atoms with E-state index in [0.717, 1.165) is 11.1 Å². The van der Waals surface area contributed by atoms with Gasteiger partial charge in [-0.1, -0.05) is 42.5 Å². The Hall–Kier alpha value is -5.24. The first-order chi connectivity index (χ1) is 20.9. The molecule has 7 rings (SSSR count). The van der Waals surface area contributed by atoms with Crippen molar-refractivity contribution in [3.8, 4) is 11.5 Å². The van der Waals surface area contributed by atoms with Gasteiger partial charge in [-0.15, -0.1) is 0 Å². The fourth-order valence-electron chi connectivity index (χ4n) is 7.13. The van der Waals surface area contributed by atoms with E-state index in [-0.39, 0.29) is 17.0 Å². The molecule has 4 aromatic carbocycles. The molecule has 214 valence electrons. The number of carbonyl (C=O) groups is 3. The van der Waals surface area contributed by atoms with Crippen LogP contribution >= 0.6 is 0 Å². The van der Waals surface area contributed by atoms with E-state index in [2.05, 4.69) is 5.32 Å². The van der Waals surface area contributed by atoms with Gasteiger partial charge in [-0.25, -0.2) is 4.39 Å². The van der Waals surface area contributed by atoms with Gasteiger partial charge < -0.3 is 19.7 Å². The SMILES string of the molecule is COc1ccc(OC)c(C(=O)[C@@H]2[C@H](C(=O)c3ccc(F)cc3)[C@@]3(C(=O)Nc4ccccc43)[C@H]3c4ccccc4C=CN23)c1. The first-order valence-electron chi connectivity index (χ1n) is 13.9. The minimum atomic E-state index is -1.49. The molecule has 1 amide bonds. The third-order valence-electron chi connectivity index (χ3n) is 8.92.